The fourth-order valence-corrected chi connectivity index (χ4v) is 5.79. The van der Waals surface area contributed by atoms with Gasteiger partial charge in [0, 0.05) is 46.0 Å². The highest BCUT2D eigenvalue weighted by Crippen LogP contribution is 2.33. The van der Waals surface area contributed by atoms with Gasteiger partial charge in [-0.1, -0.05) is 43.1 Å². The van der Waals surface area contributed by atoms with Gasteiger partial charge in [-0.25, -0.2) is 0 Å². The van der Waals surface area contributed by atoms with Crippen LogP contribution in [0, 0.1) is 0 Å². The van der Waals surface area contributed by atoms with E-state index in [9.17, 15) is 14.4 Å². The summed E-state index contributed by atoms with van der Waals surface area (Å²) in [6.45, 7) is 7.60. The minimum atomic E-state index is -0.782. The third-order valence-electron chi connectivity index (χ3n) is 6.06. The normalized spacial score (nSPS) is 17.4. The van der Waals surface area contributed by atoms with Crippen molar-refractivity contribution in [2.45, 2.75) is 76.3 Å². The van der Waals surface area contributed by atoms with Crippen LogP contribution < -0.4 is 26.9 Å². The molecule has 6 N–H and O–H groups in total. The molecule has 0 spiro atoms. The van der Waals surface area contributed by atoms with Crippen LogP contribution in [0.15, 0.2) is 4.99 Å². The van der Waals surface area contributed by atoms with Crippen LogP contribution in [-0.2, 0) is 19.0 Å². The largest absolute Gasteiger partial charge is 0.456 e. The van der Waals surface area contributed by atoms with Gasteiger partial charge < -0.3 is 26.3 Å². The molecule has 14 heteroatoms. The summed E-state index contributed by atoms with van der Waals surface area (Å²) in [4.78, 5) is 43.5. The zero-order valence-electron chi connectivity index (χ0n) is 22.2. The topological polar surface area (TPSA) is 150 Å². The molecule has 0 radical (unpaired) electrons. The van der Waals surface area contributed by atoms with Crippen LogP contribution >= 0.6 is 34.1 Å². The highest BCUT2D eigenvalue weighted by atomic mass is 127. The number of nitrogens with one attached hydrogen (secondary N) is 4. The molecule has 1 fully saturated rings. The van der Waals surface area contributed by atoms with Gasteiger partial charge in [0.2, 0.25) is 17.7 Å². The Bertz CT molecular complexity index is 745. The van der Waals surface area contributed by atoms with Gasteiger partial charge in [-0.15, -0.1) is 11.8 Å². The molecule has 2 unspecified atom stereocenters. The van der Waals surface area contributed by atoms with Gasteiger partial charge in [0.1, 0.15) is 0 Å². The molecule has 1 rings (SSSR count). The zero-order valence-corrected chi connectivity index (χ0v) is 25.2. The SMILES string of the molecule is CCCOB(I)NC(CC)(CC)N1C(=O)CC(SCCNC(=O)C(N)CCCN/C(=N/C)NC)C1=O. The third kappa shape index (κ3) is 9.99. The Morgan fingerprint density at radius 3 is 2.58 bits per heavy atom. The average molecular weight is 639 g/mol. The van der Waals surface area contributed by atoms with E-state index in [4.69, 9.17) is 10.4 Å². The van der Waals surface area contributed by atoms with Gasteiger partial charge in [0.05, 0.1) is 17.0 Å². The Morgan fingerprint density at radius 1 is 1.31 bits per heavy atom. The Kier molecular flexibility index (Phi) is 15.9. The van der Waals surface area contributed by atoms with Gasteiger partial charge >= 0.3 is 4.91 Å². The standard InChI is InChI=1S/C22H43BIN7O4S/c1-6-13-35-23(24)30-22(7-2,8-3)31-18(32)15-17(20(31)34)36-14-12-28-19(33)16(25)10-9-11-29-21(26-4)27-5/h16-17,30H,6-15,25H2,1-5H3,(H,28,33)(H2,26,27,29). The first-order valence-corrected chi connectivity index (χ1v) is 14.9. The summed E-state index contributed by atoms with van der Waals surface area (Å²) in [7, 11) is 3.47. The maximum absolute atomic E-state index is 13.2. The van der Waals surface area contributed by atoms with Crippen LogP contribution in [0.2, 0.25) is 0 Å². The second-order valence-electron chi connectivity index (χ2n) is 8.49. The van der Waals surface area contributed by atoms with Crippen molar-refractivity contribution in [1.82, 2.24) is 26.1 Å². The summed E-state index contributed by atoms with van der Waals surface area (Å²) >= 11 is 3.54. The summed E-state index contributed by atoms with van der Waals surface area (Å²) in [6, 6.07) is -0.601. The Labute approximate surface area is 233 Å². The Balaban J connectivity index is 2.51. The molecule has 1 aliphatic heterocycles. The average Bonchev–Trinajstić information content (AvgIpc) is 3.16. The van der Waals surface area contributed by atoms with Crippen molar-refractivity contribution < 1.29 is 19.0 Å². The number of likely N-dealkylation sites (tertiary alicyclic amines) is 1. The molecule has 36 heavy (non-hydrogen) atoms. The Hall–Kier alpha value is -1.10. The fourth-order valence-electron chi connectivity index (χ4n) is 3.94. The quantitative estimate of drug-likeness (QED) is 0.0390. The predicted molar refractivity (Wildman–Crippen MR) is 156 cm³/mol. The van der Waals surface area contributed by atoms with Crippen LogP contribution in [0.3, 0.4) is 0 Å². The number of aliphatic imine (C=N–C) groups is 1. The molecule has 11 nitrogen and oxygen atoms in total. The van der Waals surface area contributed by atoms with E-state index in [1.807, 2.05) is 20.8 Å². The molecule has 0 aliphatic carbocycles. The zero-order chi connectivity index (χ0) is 27.1. The van der Waals surface area contributed by atoms with E-state index < -0.39 is 17.0 Å². The summed E-state index contributed by atoms with van der Waals surface area (Å²) in [5.74, 6) is 0.621. The van der Waals surface area contributed by atoms with Crippen LogP contribution in [0.5, 0.6) is 0 Å². The van der Waals surface area contributed by atoms with Crippen molar-refractivity contribution in [2.24, 2.45) is 10.7 Å². The molecular formula is C22H43BIN7O4S. The van der Waals surface area contributed by atoms with Gasteiger partial charge in [-0.2, -0.15) is 0 Å². The minimum Gasteiger partial charge on any atom is -0.413 e. The van der Waals surface area contributed by atoms with E-state index >= 15 is 0 Å². The molecule has 0 aromatic carbocycles. The van der Waals surface area contributed by atoms with Gasteiger partial charge in [0.15, 0.2) is 5.96 Å². The number of guanidine groups is 1. The van der Waals surface area contributed by atoms with Crippen molar-refractivity contribution in [3.63, 3.8) is 0 Å². The van der Waals surface area contributed by atoms with Crippen LogP contribution in [-0.4, -0.2) is 90.0 Å². The Morgan fingerprint density at radius 2 is 2.00 bits per heavy atom. The number of hydrogen-bond acceptors (Lipinski definition) is 8. The number of amides is 3. The van der Waals surface area contributed by atoms with Gasteiger partial charge in [-0.05, 0) is 32.1 Å². The number of carbonyl (C=O) groups is 3. The number of thioether (sulfide) groups is 1. The predicted octanol–water partition coefficient (Wildman–Crippen LogP) is 0.818. The maximum Gasteiger partial charge on any atom is 0.456 e. The number of rotatable bonds is 17. The first kappa shape index (κ1) is 32.9. The lowest BCUT2D eigenvalue weighted by atomic mass is 9.97. The lowest BCUT2D eigenvalue weighted by molar-refractivity contribution is -0.147. The first-order chi connectivity index (χ1) is 17.2. The fraction of sp³-hybridized carbons (Fsp3) is 0.818. The van der Waals surface area contributed by atoms with E-state index in [1.165, 1.54) is 16.7 Å². The van der Waals surface area contributed by atoms with E-state index in [2.05, 4.69) is 48.5 Å². The van der Waals surface area contributed by atoms with E-state index in [1.54, 1.807) is 14.1 Å². The molecule has 1 heterocycles. The number of carbonyl (C=O) groups excluding carboxylic acids is 3. The maximum atomic E-state index is 13.2. The van der Waals surface area contributed by atoms with Crippen LogP contribution in [0.4, 0.5) is 0 Å². The smallest absolute Gasteiger partial charge is 0.413 e. The summed E-state index contributed by atoms with van der Waals surface area (Å²) in [5.41, 5.74) is 5.21. The molecular weight excluding hydrogens is 596 g/mol. The lowest BCUT2D eigenvalue weighted by Gasteiger charge is -2.41. The molecule has 2 atom stereocenters. The number of nitrogens with zero attached hydrogens (tertiary/aromatic N) is 2. The van der Waals surface area contributed by atoms with Crippen molar-refractivity contribution in [3.8, 4) is 0 Å². The highest BCUT2D eigenvalue weighted by molar-refractivity contribution is 14.1. The second-order valence-corrected chi connectivity index (χ2v) is 10.9. The van der Waals surface area contributed by atoms with Gasteiger partial charge in [-0.3, -0.25) is 29.5 Å². The highest BCUT2D eigenvalue weighted by Gasteiger charge is 2.49. The molecule has 0 bridgehead atoms. The van der Waals surface area contributed by atoms with Crippen molar-refractivity contribution in [2.75, 3.05) is 39.5 Å². The minimum absolute atomic E-state index is 0.158. The number of nitrogens with two attached hydrogens (primary N) is 1. The first-order valence-electron chi connectivity index (χ1n) is 12.6. The summed E-state index contributed by atoms with van der Waals surface area (Å²) < 4.78 is 5.74. The molecule has 206 valence electrons. The molecule has 1 aliphatic rings. The van der Waals surface area contributed by atoms with Crippen LogP contribution in [0.25, 0.3) is 0 Å². The molecule has 1 saturated heterocycles. The monoisotopic (exact) mass is 639 g/mol. The lowest BCUT2D eigenvalue weighted by Crippen LogP contribution is -2.63. The van der Waals surface area contributed by atoms with E-state index in [0.29, 0.717) is 50.7 Å². The van der Waals surface area contributed by atoms with Crippen LogP contribution in [0.1, 0.15) is 59.3 Å². The third-order valence-corrected chi connectivity index (χ3v) is 7.94. The molecule has 0 aromatic rings. The molecule has 3 amide bonds. The number of hydrogen-bond donors (Lipinski definition) is 5. The van der Waals surface area contributed by atoms with Crippen molar-refractivity contribution >= 4 is 62.7 Å². The van der Waals surface area contributed by atoms with E-state index in [-0.39, 0.29) is 29.0 Å². The molecule has 0 aromatic heterocycles. The number of halogens is 1. The second kappa shape index (κ2) is 17.4. The molecule has 0 saturated carbocycles. The van der Waals surface area contributed by atoms with E-state index in [0.717, 1.165) is 12.8 Å². The van der Waals surface area contributed by atoms with Gasteiger partial charge in [0.25, 0.3) is 0 Å². The van der Waals surface area contributed by atoms with Crippen molar-refractivity contribution in [1.29, 1.82) is 0 Å². The number of imide groups is 1. The van der Waals surface area contributed by atoms with Crippen molar-refractivity contribution in [3.05, 3.63) is 0 Å². The summed E-state index contributed by atoms with van der Waals surface area (Å²) in [6.07, 6.45) is 3.48. The summed E-state index contributed by atoms with van der Waals surface area (Å²) in [5, 5.41) is 11.8.